The van der Waals surface area contributed by atoms with Gasteiger partial charge in [-0.2, -0.15) is 45.3 Å². The Morgan fingerprint density at radius 1 is 0.900 bits per heavy atom. The lowest BCUT2D eigenvalue weighted by molar-refractivity contribution is -0.142. The Morgan fingerprint density at radius 3 is 2.13 bits per heavy atom. The van der Waals surface area contributed by atoms with Gasteiger partial charge in [-0.25, -0.2) is 30.6 Å². The second-order valence-corrected chi connectivity index (χ2v) is 24.9. The molecule has 4 aliphatic carbocycles. The lowest BCUT2D eigenvalue weighted by atomic mass is 9.93. The van der Waals surface area contributed by atoms with Gasteiger partial charge >= 0.3 is 12.4 Å². The van der Waals surface area contributed by atoms with Gasteiger partial charge in [0, 0.05) is 28.7 Å². The minimum atomic E-state index is -5.19. The van der Waals surface area contributed by atoms with E-state index in [0.717, 1.165) is 12.1 Å². The predicted molar refractivity (Wildman–Crippen MR) is 235 cm³/mol. The highest BCUT2D eigenvalue weighted by Gasteiger charge is 2.68. The number of pyridine rings is 1. The fourth-order valence-corrected chi connectivity index (χ4v) is 12.7. The molecule has 0 saturated heterocycles. The zero-order chi connectivity index (χ0) is 51.1. The van der Waals surface area contributed by atoms with E-state index in [1.54, 1.807) is 6.92 Å². The lowest BCUT2D eigenvalue weighted by Crippen LogP contribution is -2.38. The first-order chi connectivity index (χ1) is 32.3. The maximum atomic E-state index is 15.6. The third-order valence-electron chi connectivity index (χ3n) is 13.5. The number of amides is 1. The van der Waals surface area contributed by atoms with Crippen molar-refractivity contribution in [1.29, 1.82) is 0 Å². The number of carbonyl (C=O) groups excluding carboxylic acids is 1. The Balaban J connectivity index is 1.23. The predicted octanol–water partition coefficient (Wildman–Crippen LogP) is 9.51. The molecule has 374 valence electrons. The van der Waals surface area contributed by atoms with E-state index in [1.165, 1.54) is 45.0 Å². The molecule has 9 rings (SSSR count). The van der Waals surface area contributed by atoms with Gasteiger partial charge in [0.25, 0.3) is 5.92 Å². The fourth-order valence-electron chi connectivity index (χ4n) is 9.08. The van der Waals surface area contributed by atoms with Crippen molar-refractivity contribution in [2.24, 2.45) is 5.92 Å². The van der Waals surface area contributed by atoms with Gasteiger partial charge in [-0.05, 0) is 114 Å². The topological polar surface area (TPSA) is 158 Å². The maximum absolute atomic E-state index is 15.6. The first-order valence-electron chi connectivity index (χ1n) is 21.6. The second-order valence-electron chi connectivity index (χ2n) is 19.3. The molecule has 0 aliphatic heterocycles. The monoisotopic (exact) mass is 1050 g/mol. The Kier molecular flexibility index (Phi) is 11.4. The van der Waals surface area contributed by atoms with Crippen LogP contribution in [-0.4, -0.2) is 67.7 Å². The largest absolute Gasteiger partial charge is 0.435 e. The Labute approximate surface area is 398 Å². The number of aromatic nitrogens is 5. The van der Waals surface area contributed by atoms with Crippen molar-refractivity contribution in [2.75, 3.05) is 4.72 Å². The maximum Gasteiger partial charge on any atom is 0.435 e. The van der Waals surface area contributed by atoms with Crippen molar-refractivity contribution >= 4 is 54.1 Å². The fraction of sp³-hybridized carbons (Fsp3) is 0.467. The summed E-state index contributed by atoms with van der Waals surface area (Å²) in [5.74, 6) is -5.07. The van der Waals surface area contributed by atoms with Crippen LogP contribution in [0.15, 0.2) is 42.5 Å². The molecule has 4 aliphatic rings. The normalized spacial score (nSPS) is 20.3. The molecule has 1 amide bonds. The quantitative estimate of drug-likeness (QED) is 0.0873. The zero-order valence-corrected chi connectivity index (χ0v) is 39.6. The molecule has 3 atom stereocenters. The average Bonchev–Trinajstić information content (AvgIpc) is 4.19. The van der Waals surface area contributed by atoms with Gasteiger partial charge in [-0.3, -0.25) is 18.9 Å². The second kappa shape index (κ2) is 16.0. The molecule has 25 heteroatoms. The summed E-state index contributed by atoms with van der Waals surface area (Å²) in [6.07, 6.45) is -9.84. The van der Waals surface area contributed by atoms with E-state index in [0.29, 0.717) is 23.6 Å². The molecule has 0 unspecified atom stereocenters. The summed E-state index contributed by atoms with van der Waals surface area (Å²) in [6.45, 7) is 2.63. The Hall–Kier alpha value is -5.41. The van der Waals surface area contributed by atoms with Crippen LogP contribution in [0.2, 0.25) is 5.02 Å². The summed E-state index contributed by atoms with van der Waals surface area (Å²) in [4.78, 5) is 18.8. The van der Waals surface area contributed by atoms with Crippen molar-refractivity contribution < 1.29 is 65.5 Å². The van der Waals surface area contributed by atoms with Gasteiger partial charge in [-0.15, -0.1) is 0 Å². The standard InChI is InChI=1S/C45H40ClF10N7O5S2/c1-40(2,69(65,66)41(3)11-12-41)10-9-25-5-6-26(27-7-8-30(46)34-36(27)63(21-43(49,50)51)60-39(34)61-70(67,68)42(4)13-14-42)35(57-25)31(17-22-15-23(47)18-24(48)16-22)58-32(64)20-62-38-33(37(59-62)45(54,55)56)28-19-29(28)44(38,52)53/h5-8,15-16,18,28-29,31H,11-14,17,19-21H2,1-4H3,(H,58,64)(H,60,61)/t28-,29+,31-/m0/s1. The highest BCUT2D eigenvalue weighted by Crippen LogP contribution is 2.68. The van der Waals surface area contributed by atoms with Crippen LogP contribution < -0.4 is 10.0 Å². The summed E-state index contributed by atoms with van der Waals surface area (Å²) in [7, 11) is -8.20. The first-order valence-corrected chi connectivity index (χ1v) is 25.0. The summed E-state index contributed by atoms with van der Waals surface area (Å²) in [5, 5.41) is 9.33. The molecule has 0 bridgehead atoms. The van der Waals surface area contributed by atoms with E-state index in [1.807, 2.05) is 0 Å². The van der Waals surface area contributed by atoms with Gasteiger partial charge in [0.05, 0.1) is 37.2 Å². The highest BCUT2D eigenvalue weighted by atomic mass is 35.5. The van der Waals surface area contributed by atoms with E-state index in [9.17, 15) is 56.8 Å². The van der Waals surface area contributed by atoms with E-state index in [4.69, 9.17) is 11.6 Å². The van der Waals surface area contributed by atoms with Crippen LogP contribution >= 0.6 is 11.6 Å². The number of sulfonamides is 1. The molecule has 0 spiro atoms. The molecule has 0 radical (unpaired) electrons. The molecule has 70 heavy (non-hydrogen) atoms. The van der Waals surface area contributed by atoms with Crippen LogP contribution in [0.4, 0.5) is 49.7 Å². The molecule has 3 saturated carbocycles. The molecular weight excluding hydrogens is 1010 g/mol. The van der Waals surface area contributed by atoms with E-state index < -0.39 is 136 Å². The first kappa shape index (κ1) is 49.6. The average molecular weight is 1050 g/mol. The van der Waals surface area contributed by atoms with Crippen molar-refractivity contribution in [1.82, 2.24) is 29.9 Å². The number of sulfone groups is 1. The Bertz CT molecular complexity index is 3310. The van der Waals surface area contributed by atoms with Crippen molar-refractivity contribution in [3.8, 4) is 23.0 Å². The van der Waals surface area contributed by atoms with Crippen molar-refractivity contribution in [3.63, 3.8) is 0 Å². The lowest BCUT2D eigenvalue weighted by Gasteiger charge is -2.24. The van der Waals surface area contributed by atoms with Crippen molar-refractivity contribution in [2.45, 2.75) is 124 Å². The number of nitrogens with zero attached hydrogens (tertiary/aromatic N) is 5. The van der Waals surface area contributed by atoms with Crippen LogP contribution in [0.5, 0.6) is 0 Å². The minimum Gasteiger partial charge on any atom is -0.346 e. The van der Waals surface area contributed by atoms with Gasteiger partial charge in [0.1, 0.15) is 40.9 Å². The van der Waals surface area contributed by atoms with Crippen molar-refractivity contribution in [3.05, 3.63) is 93.0 Å². The number of carbonyl (C=O) groups is 1. The zero-order valence-electron chi connectivity index (χ0n) is 37.2. The molecular formula is C45H40ClF10N7O5S2. The van der Waals surface area contributed by atoms with Gasteiger partial charge < -0.3 is 5.32 Å². The number of fused-ring (bicyclic) bond motifs is 4. The number of benzene rings is 2. The van der Waals surface area contributed by atoms with E-state index in [2.05, 4.69) is 37.1 Å². The Morgan fingerprint density at radius 2 is 1.53 bits per heavy atom. The summed E-state index contributed by atoms with van der Waals surface area (Å²) >= 11 is 6.62. The third kappa shape index (κ3) is 8.66. The SMILES string of the molecule is CC1(S(=O)(=O)Nc2nn(CC(F)(F)F)c3c(-c4ccc(C#CC(C)(C)S(=O)(=O)C5(C)CC5)nc4[C@H](Cc4cc(F)cc(F)c4)NC(=O)Cn4nc(C(F)(F)F)c5c4C(F)(F)[C@@H]4C[C@H]54)ccc(Cl)c23)CC1. The van der Waals surface area contributed by atoms with Gasteiger partial charge in [0.2, 0.25) is 15.9 Å². The number of hydrogen-bond acceptors (Lipinski definition) is 8. The molecule has 5 aromatic rings. The van der Waals surface area contributed by atoms with Crippen LogP contribution in [0.25, 0.3) is 22.0 Å². The number of hydrogen-bond donors (Lipinski definition) is 2. The van der Waals surface area contributed by atoms with E-state index in [-0.39, 0.29) is 62.4 Å². The number of alkyl halides is 8. The number of halogens is 11. The summed E-state index contributed by atoms with van der Waals surface area (Å²) in [6, 6.07) is 5.47. The molecule has 2 N–H and O–H groups in total. The van der Waals surface area contributed by atoms with Crippen LogP contribution in [-0.2, 0) is 56.3 Å². The summed E-state index contributed by atoms with van der Waals surface area (Å²) < 4.78 is 200. The van der Waals surface area contributed by atoms with Crippen LogP contribution in [0.3, 0.4) is 0 Å². The molecule has 12 nitrogen and oxygen atoms in total. The smallest absolute Gasteiger partial charge is 0.346 e. The van der Waals surface area contributed by atoms with Crippen LogP contribution in [0.1, 0.15) is 106 Å². The van der Waals surface area contributed by atoms with Gasteiger partial charge in [0.15, 0.2) is 21.3 Å². The summed E-state index contributed by atoms with van der Waals surface area (Å²) in [5.41, 5.74) is -5.02. The molecule has 2 aromatic carbocycles. The number of rotatable bonds is 13. The number of nitrogens with one attached hydrogen (secondary N) is 2. The van der Waals surface area contributed by atoms with Gasteiger partial charge in [-0.1, -0.05) is 23.6 Å². The molecule has 3 heterocycles. The number of anilines is 1. The molecule has 3 aromatic heterocycles. The third-order valence-corrected chi connectivity index (χ3v) is 19.1. The molecule has 3 fully saturated rings. The van der Waals surface area contributed by atoms with E-state index >= 15 is 8.78 Å². The highest BCUT2D eigenvalue weighted by molar-refractivity contribution is 7.94. The minimum absolute atomic E-state index is 0.176. The van der Waals surface area contributed by atoms with Crippen LogP contribution in [0, 0.1) is 29.4 Å².